The number of hydrogen-bond donors (Lipinski definition) is 0. The fourth-order valence-corrected chi connectivity index (χ4v) is 7.18. The van der Waals surface area contributed by atoms with Gasteiger partial charge in [0, 0.05) is 36.3 Å². The second-order valence-electron chi connectivity index (χ2n) is 12.8. The lowest BCUT2D eigenvalue weighted by Gasteiger charge is -2.41. The molecule has 0 N–H and O–H groups in total. The fraction of sp³-hybridized carbons (Fsp3) is 0.406. The quantitative estimate of drug-likeness (QED) is 0.215. The molecule has 0 saturated heterocycles. The minimum absolute atomic E-state index is 0.0281. The Labute approximate surface area is 236 Å². The Kier molecular flexibility index (Phi) is 6.58. The summed E-state index contributed by atoms with van der Waals surface area (Å²) in [6, 6.07) is 16.6. The van der Waals surface area contributed by atoms with Gasteiger partial charge in [0.2, 0.25) is 0 Å². The molecular formula is C32H39N5O2Si. The topological polar surface area (TPSA) is 66.9 Å². The normalized spacial score (nSPS) is 18.6. The summed E-state index contributed by atoms with van der Waals surface area (Å²) in [7, 11) is 0.0291. The molecule has 0 radical (unpaired) electrons. The van der Waals surface area contributed by atoms with Crippen LogP contribution < -0.4 is 5.69 Å². The van der Waals surface area contributed by atoms with Crippen LogP contribution in [-0.2, 0) is 11.5 Å². The van der Waals surface area contributed by atoms with Crippen LogP contribution in [0.2, 0.25) is 18.1 Å². The number of hydrogen-bond acceptors (Lipinski definition) is 4. The van der Waals surface area contributed by atoms with Crippen LogP contribution in [0.1, 0.15) is 52.5 Å². The monoisotopic (exact) mass is 553 g/mol. The van der Waals surface area contributed by atoms with E-state index in [1.165, 1.54) is 0 Å². The first kappa shape index (κ1) is 26.7. The van der Waals surface area contributed by atoms with Gasteiger partial charge in [-0.3, -0.25) is 14.1 Å². The zero-order chi connectivity index (χ0) is 28.2. The summed E-state index contributed by atoms with van der Waals surface area (Å²) in [6.07, 6.45) is 9.88. The lowest BCUT2D eigenvalue weighted by atomic mass is 9.92. The number of fused-ring (bicyclic) bond motifs is 3. The third kappa shape index (κ3) is 4.63. The Hall–Kier alpha value is -3.49. The summed E-state index contributed by atoms with van der Waals surface area (Å²) >= 11 is 0. The zero-order valence-electron chi connectivity index (χ0n) is 24.4. The molecule has 1 aliphatic carbocycles. The van der Waals surface area contributed by atoms with Crippen LogP contribution >= 0.6 is 0 Å². The largest absolute Gasteiger partial charge is 0.414 e. The highest BCUT2D eigenvalue weighted by molar-refractivity contribution is 6.74. The molecule has 0 unspecified atom stereocenters. The van der Waals surface area contributed by atoms with Crippen molar-refractivity contribution in [1.29, 1.82) is 0 Å². The standard InChI is InChI=1S/C32H39N5O2Si/c1-32(2,3)40(5,6)39-26-15-13-25(14-16-26)37-30-27-18-22(12-17-28(27)33-20-29(30)35(4)31(37)38)23-19-34-36(21-23)24-10-8-7-9-11-24/h7-12,17-21,25-26H,13-16H2,1-6H3/t25-,26-. The first-order valence-corrected chi connectivity index (χ1v) is 17.2. The molecule has 208 valence electrons. The maximum atomic E-state index is 13.6. The van der Waals surface area contributed by atoms with Crippen LogP contribution in [0.4, 0.5) is 0 Å². The smallest absolute Gasteiger partial charge is 0.329 e. The molecule has 8 heteroatoms. The predicted molar refractivity (Wildman–Crippen MR) is 165 cm³/mol. The maximum absolute atomic E-state index is 13.6. The molecule has 0 atom stereocenters. The molecule has 40 heavy (non-hydrogen) atoms. The molecule has 3 heterocycles. The van der Waals surface area contributed by atoms with Crippen molar-refractivity contribution in [1.82, 2.24) is 23.9 Å². The van der Waals surface area contributed by atoms with Gasteiger partial charge in [-0.25, -0.2) is 9.48 Å². The summed E-state index contributed by atoms with van der Waals surface area (Å²) in [5.74, 6) is 0. The van der Waals surface area contributed by atoms with Gasteiger partial charge in [0.05, 0.1) is 34.6 Å². The minimum Gasteiger partial charge on any atom is -0.414 e. The van der Waals surface area contributed by atoms with Crippen molar-refractivity contribution in [3.63, 3.8) is 0 Å². The number of benzene rings is 2. The Balaban J connectivity index is 1.36. The molecule has 3 aromatic heterocycles. The second-order valence-corrected chi connectivity index (χ2v) is 17.5. The lowest BCUT2D eigenvalue weighted by Crippen LogP contribution is -2.45. The van der Waals surface area contributed by atoms with E-state index in [1.54, 1.807) is 4.57 Å². The van der Waals surface area contributed by atoms with Crippen LogP contribution in [0.3, 0.4) is 0 Å². The van der Waals surface area contributed by atoms with Crippen LogP contribution in [0.5, 0.6) is 0 Å². The Morgan fingerprint density at radius 2 is 1.68 bits per heavy atom. The van der Waals surface area contributed by atoms with Crippen LogP contribution in [0.15, 0.2) is 71.9 Å². The first-order chi connectivity index (χ1) is 19.0. The fourth-order valence-electron chi connectivity index (χ4n) is 5.75. The van der Waals surface area contributed by atoms with Gasteiger partial charge < -0.3 is 4.43 Å². The molecule has 6 rings (SSSR count). The molecule has 1 fully saturated rings. The summed E-state index contributed by atoms with van der Waals surface area (Å²) in [5.41, 5.74) is 5.86. The number of aromatic nitrogens is 5. The number of para-hydroxylation sites is 1. The van der Waals surface area contributed by atoms with Crippen molar-refractivity contribution in [2.75, 3.05) is 0 Å². The maximum Gasteiger partial charge on any atom is 0.329 e. The van der Waals surface area contributed by atoms with Gasteiger partial charge in [0.1, 0.15) is 0 Å². The lowest BCUT2D eigenvalue weighted by molar-refractivity contribution is 0.118. The molecule has 5 aromatic rings. The van der Waals surface area contributed by atoms with E-state index in [4.69, 9.17) is 9.41 Å². The van der Waals surface area contributed by atoms with Crippen molar-refractivity contribution in [3.05, 3.63) is 77.6 Å². The Morgan fingerprint density at radius 1 is 0.950 bits per heavy atom. The number of pyridine rings is 1. The first-order valence-electron chi connectivity index (χ1n) is 14.3. The van der Waals surface area contributed by atoms with Crippen LogP contribution in [0.25, 0.3) is 38.8 Å². The average molecular weight is 554 g/mol. The van der Waals surface area contributed by atoms with Gasteiger partial charge in [0.25, 0.3) is 0 Å². The number of aryl methyl sites for hydroxylation is 1. The molecule has 0 bridgehead atoms. The molecule has 0 spiro atoms. The molecule has 2 aromatic carbocycles. The van der Waals surface area contributed by atoms with Gasteiger partial charge in [-0.15, -0.1) is 0 Å². The van der Waals surface area contributed by atoms with Crippen molar-refractivity contribution in [3.8, 4) is 16.8 Å². The highest BCUT2D eigenvalue weighted by Gasteiger charge is 2.40. The summed E-state index contributed by atoms with van der Waals surface area (Å²) in [4.78, 5) is 18.4. The van der Waals surface area contributed by atoms with E-state index in [9.17, 15) is 4.79 Å². The van der Waals surface area contributed by atoms with E-state index in [2.05, 4.69) is 57.2 Å². The van der Waals surface area contributed by atoms with Crippen molar-refractivity contribution < 1.29 is 4.43 Å². The zero-order valence-corrected chi connectivity index (χ0v) is 25.4. The summed E-state index contributed by atoms with van der Waals surface area (Å²) in [6.45, 7) is 11.5. The van der Waals surface area contributed by atoms with E-state index in [-0.39, 0.29) is 22.9 Å². The number of nitrogens with zero attached hydrogens (tertiary/aromatic N) is 5. The molecular weight excluding hydrogens is 514 g/mol. The third-order valence-electron chi connectivity index (χ3n) is 9.13. The highest BCUT2D eigenvalue weighted by Crippen LogP contribution is 2.41. The summed E-state index contributed by atoms with van der Waals surface area (Å²) in [5, 5.41) is 5.79. The van der Waals surface area contributed by atoms with Crippen molar-refractivity contribution >= 4 is 30.3 Å². The minimum atomic E-state index is -1.83. The SMILES string of the molecule is Cn1c(=O)n([C@H]2CC[C@H](O[Si](C)(C)C(C)(C)C)CC2)c2c3cc(-c4cnn(-c5ccccc5)c4)ccc3ncc21. The molecule has 7 nitrogen and oxygen atoms in total. The Morgan fingerprint density at radius 3 is 2.38 bits per heavy atom. The molecule has 0 amide bonds. The second kappa shape index (κ2) is 9.85. The van der Waals surface area contributed by atoms with E-state index in [0.717, 1.165) is 64.4 Å². The number of rotatable bonds is 5. The predicted octanol–water partition coefficient (Wildman–Crippen LogP) is 7.25. The van der Waals surface area contributed by atoms with E-state index in [0.29, 0.717) is 0 Å². The van der Waals surface area contributed by atoms with Gasteiger partial charge >= 0.3 is 5.69 Å². The molecule has 1 aliphatic rings. The van der Waals surface area contributed by atoms with E-state index < -0.39 is 8.32 Å². The number of imidazole rings is 1. The Bertz CT molecular complexity index is 1730. The van der Waals surface area contributed by atoms with Crippen LogP contribution in [-0.4, -0.2) is 38.3 Å². The van der Waals surface area contributed by atoms with E-state index in [1.807, 2.05) is 65.2 Å². The highest BCUT2D eigenvalue weighted by atomic mass is 28.4. The average Bonchev–Trinajstić information content (AvgIpc) is 3.52. The van der Waals surface area contributed by atoms with Gasteiger partial charge in [-0.2, -0.15) is 5.10 Å². The molecule has 1 saturated carbocycles. The van der Waals surface area contributed by atoms with Gasteiger partial charge in [-0.05, 0) is 73.6 Å². The van der Waals surface area contributed by atoms with Gasteiger partial charge in [-0.1, -0.05) is 45.0 Å². The van der Waals surface area contributed by atoms with Crippen molar-refractivity contribution in [2.24, 2.45) is 7.05 Å². The van der Waals surface area contributed by atoms with Crippen molar-refractivity contribution in [2.45, 2.75) is 76.7 Å². The third-order valence-corrected chi connectivity index (χ3v) is 13.7. The summed E-state index contributed by atoms with van der Waals surface area (Å²) < 4.78 is 12.4. The van der Waals surface area contributed by atoms with E-state index >= 15 is 0 Å². The van der Waals surface area contributed by atoms with Gasteiger partial charge in [0.15, 0.2) is 8.32 Å². The van der Waals surface area contributed by atoms with Crippen LogP contribution in [0, 0.1) is 0 Å². The molecule has 0 aliphatic heterocycles.